The highest BCUT2D eigenvalue weighted by Crippen LogP contribution is 1.98. The van der Waals surface area contributed by atoms with Gasteiger partial charge in [-0.25, -0.2) is 5.10 Å². The third kappa shape index (κ3) is 3.82. The standard InChI is InChI=1S/C10H15N3O3/c1-7(4-5-14)6-11-10(16)8-2-3-9(15)13-12-8/h2-3,7,14H,4-6H2,1H3,(H,11,16)(H,13,15). The van der Waals surface area contributed by atoms with Gasteiger partial charge in [0.2, 0.25) is 0 Å². The third-order valence-corrected chi connectivity index (χ3v) is 2.14. The number of aliphatic hydroxyl groups is 1. The number of hydrogen-bond donors (Lipinski definition) is 3. The Labute approximate surface area is 92.7 Å². The van der Waals surface area contributed by atoms with Crippen molar-refractivity contribution in [3.8, 4) is 0 Å². The first-order valence-electron chi connectivity index (χ1n) is 5.08. The normalized spacial score (nSPS) is 12.1. The van der Waals surface area contributed by atoms with E-state index in [2.05, 4.69) is 15.5 Å². The Morgan fingerprint density at radius 3 is 2.94 bits per heavy atom. The summed E-state index contributed by atoms with van der Waals surface area (Å²) in [6.45, 7) is 2.50. The Morgan fingerprint density at radius 2 is 2.38 bits per heavy atom. The molecule has 1 aromatic rings. The van der Waals surface area contributed by atoms with Crippen molar-refractivity contribution in [3.05, 3.63) is 28.2 Å². The second-order valence-corrected chi connectivity index (χ2v) is 3.63. The number of aliphatic hydroxyl groups excluding tert-OH is 1. The lowest BCUT2D eigenvalue weighted by molar-refractivity contribution is 0.0939. The highest BCUT2D eigenvalue weighted by Gasteiger charge is 2.08. The number of carbonyl (C=O) groups excluding carboxylic acids is 1. The molecule has 1 rings (SSSR count). The Balaban J connectivity index is 2.46. The lowest BCUT2D eigenvalue weighted by Gasteiger charge is -2.10. The van der Waals surface area contributed by atoms with Crippen LogP contribution in [0.1, 0.15) is 23.8 Å². The molecule has 0 saturated carbocycles. The summed E-state index contributed by atoms with van der Waals surface area (Å²) in [5.74, 6) is -0.127. The molecule has 1 unspecified atom stereocenters. The van der Waals surface area contributed by atoms with Crippen LogP contribution >= 0.6 is 0 Å². The van der Waals surface area contributed by atoms with E-state index in [1.807, 2.05) is 6.92 Å². The van der Waals surface area contributed by atoms with Gasteiger partial charge in [0.1, 0.15) is 5.69 Å². The van der Waals surface area contributed by atoms with Gasteiger partial charge in [-0.3, -0.25) is 9.59 Å². The van der Waals surface area contributed by atoms with E-state index in [4.69, 9.17) is 5.11 Å². The molecule has 0 saturated heterocycles. The molecule has 16 heavy (non-hydrogen) atoms. The van der Waals surface area contributed by atoms with Crippen molar-refractivity contribution in [1.29, 1.82) is 0 Å². The van der Waals surface area contributed by atoms with Crippen molar-refractivity contribution in [2.45, 2.75) is 13.3 Å². The van der Waals surface area contributed by atoms with Crippen LogP contribution in [0.15, 0.2) is 16.9 Å². The monoisotopic (exact) mass is 225 g/mol. The van der Waals surface area contributed by atoms with E-state index in [0.717, 1.165) is 0 Å². The van der Waals surface area contributed by atoms with Crippen molar-refractivity contribution < 1.29 is 9.90 Å². The molecule has 0 aliphatic rings. The van der Waals surface area contributed by atoms with E-state index in [-0.39, 0.29) is 29.7 Å². The number of aromatic nitrogens is 2. The number of hydrogen-bond acceptors (Lipinski definition) is 4. The summed E-state index contributed by atoms with van der Waals surface area (Å²) in [5, 5.41) is 17.1. The third-order valence-electron chi connectivity index (χ3n) is 2.14. The van der Waals surface area contributed by atoms with Crippen molar-refractivity contribution in [3.63, 3.8) is 0 Å². The summed E-state index contributed by atoms with van der Waals surface area (Å²) in [6.07, 6.45) is 0.638. The molecule has 1 amide bonds. The molecule has 0 aliphatic heterocycles. The zero-order chi connectivity index (χ0) is 12.0. The predicted octanol–water partition coefficient (Wildman–Crippen LogP) is -0.482. The maximum atomic E-state index is 11.5. The summed E-state index contributed by atoms with van der Waals surface area (Å²) in [5.41, 5.74) is -0.166. The zero-order valence-electron chi connectivity index (χ0n) is 9.06. The van der Waals surface area contributed by atoms with Crippen molar-refractivity contribution in [2.75, 3.05) is 13.2 Å². The lowest BCUT2D eigenvalue weighted by Crippen LogP contribution is -2.30. The highest BCUT2D eigenvalue weighted by molar-refractivity contribution is 5.91. The van der Waals surface area contributed by atoms with Gasteiger partial charge in [-0.1, -0.05) is 6.92 Å². The van der Waals surface area contributed by atoms with Crippen molar-refractivity contribution >= 4 is 5.91 Å². The van der Waals surface area contributed by atoms with Crippen LogP contribution in [0.3, 0.4) is 0 Å². The van der Waals surface area contributed by atoms with Crippen LogP contribution in [0.25, 0.3) is 0 Å². The number of H-pyrrole nitrogens is 1. The van der Waals surface area contributed by atoms with Crippen molar-refractivity contribution in [1.82, 2.24) is 15.5 Å². The molecule has 0 fully saturated rings. The SMILES string of the molecule is CC(CCO)CNC(=O)c1ccc(=O)[nH]n1. The largest absolute Gasteiger partial charge is 0.396 e. The summed E-state index contributed by atoms with van der Waals surface area (Å²) < 4.78 is 0. The van der Waals surface area contributed by atoms with E-state index in [0.29, 0.717) is 13.0 Å². The molecule has 1 atom stereocenters. The van der Waals surface area contributed by atoms with Crippen LogP contribution < -0.4 is 10.9 Å². The fraction of sp³-hybridized carbons (Fsp3) is 0.500. The molecule has 0 radical (unpaired) electrons. The van der Waals surface area contributed by atoms with Crippen LogP contribution in [0.2, 0.25) is 0 Å². The summed E-state index contributed by atoms with van der Waals surface area (Å²) in [4.78, 5) is 22.2. The Bertz CT molecular complexity index is 382. The fourth-order valence-electron chi connectivity index (χ4n) is 1.15. The second-order valence-electron chi connectivity index (χ2n) is 3.63. The summed E-state index contributed by atoms with van der Waals surface area (Å²) in [6, 6.07) is 2.62. The minimum Gasteiger partial charge on any atom is -0.396 e. The van der Waals surface area contributed by atoms with Crippen LogP contribution in [-0.4, -0.2) is 34.4 Å². The van der Waals surface area contributed by atoms with Crippen LogP contribution in [-0.2, 0) is 0 Å². The summed E-state index contributed by atoms with van der Waals surface area (Å²) in [7, 11) is 0. The van der Waals surface area contributed by atoms with Crippen LogP contribution in [0.4, 0.5) is 0 Å². The first-order valence-corrected chi connectivity index (χ1v) is 5.08. The molecule has 1 heterocycles. The minimum atomic E-state index is -0.342. The van der Waals surface area contributed by atoms with Gasteiger partial charge in [0.15, 0.2) is 0 Å². The van der Waals surface area contributed by atoms with E-state index in [1.165, 1.54) is 12.1 Å². The smallest absolute Gasteiger partial charge is 0.271 e. The van der Waals surface area contributed by atoms with E-state index in [1.54, 1.807) is 0 Å². The maximum absolute atomic E-state index is 11.5. The lowest BCUT2D eigenvalue weighted by atomic mass is 10.1. The molecule has 6 nitrogen and oxygen atoms in total. The number of carbonyl (C=O) groups is 1. The molecule has 88 valence electrons. The zero-order valence-corrected chi connectivity index (χ0v) is 9.06. The van der Waals surface area contributed by atoms with Crippen molar-refractivity contribution in [2.24, 2.45) is 5.92 Å². The number of amides is 1. The first-order chi connectivity index (χ1) is 7.63. The molecule has 1 aromatic heterocycles. The van der Waals surface area contributed by atoms with Crippen LogP contribution in [0, 0.1) is 5.92 Å². The maximum Gasteiger partial charge on any atom is 0.271 e. The van der Waals surface area contributed by atoms with Gasteiger partial charge in [0, 0.05) is 19.2 Å². The average Bonchev–Trinajstić information content (AvgIpc) is 2.27. The molecular formula is C10H15N3O3. The second kappa shape index (κ2) is 6.02. The number of rotatable bonds is 5. The summed E-state index contributed by atoms with van der Waals surface area (Å²) >= 11 is 0. The van der Waals surface area contributed by atoms with Gasteiger partial charge in [-0.15, -0.1) is 0 Å². The molecular weight excluding hydrogens is 210 g/mol. The predicted molar refractivity (Wildman–Crippen MR) is 58.1 cm³/mol. The van der Waals surface area contributed by atoms with Gasteiger partial charge < -0.3 is 10.4 Å². The van der Waals surface area contributed by atoms with Gasteiger partial charge in [0.25, 0.3) is 11.5 Å². The Kier molecular flexibility index (Phi) is 4.65. The van der Waals surface area contributed by atoms with Crippen LogP contribution in [0.5, 0.6) is 0 Å². The molecule has 0 aromatic carbocycles. The molecule has 6 heteroatoms. The fourth-order valence-corrected chi connectivity index (χ4v) is 1.15. The number of nitrogens with one attached hydrogen (secondary N) is 2. The molecule has 3 N–H and O–H groups in total. The topological polar surface area (TPSA) is 95.1 Å². The molecule has 0 bridgehead atoms. The average molecular weight is 225 g/mol. The molecule has 0 aliphatic carbocycles. The van der Waals surface area contributed by atoms with Gasteiger partial charge in [-0.05, 0) is 18.4 Å². The van der Waals surface area contributed by atoms with E-state index in [9.17, 15) is 9.59 Å². The number of aromatic amines is 1. The van der Waals surface area contributed by atoms with Gasteiger partial charge in [-0.2, -0.15) is 5.10 Å². The number of nitrogens with zero attached hydrogens (tertiary/aromatic N) is 1. The Hall–Kier alpha value is -1.69. The van der Waals surface area contributed by atoms with E-state index < -0.39 is 0 Å². The minimum absolute atomic E-state index is 0.105. The van der Waals surface area contributed by atoms with Gasteiger partial charge >= 0.3 is 0 Å². The first kappa shape index (κ1) is 12.4. The van der Waals surface area contributed by atoms with E-state index >= 15 is 0 Å². The molecule has 0 spiro atoms. The van der Waals surface area contributed by atoms with Gasteiger partial charge in [0.05, 0.1) is 0 Å². The quantitative estimate of drug-likeness (QED) is 0.630. The Morgan fingerprint density at radius 1 is 1.62 bits per heavy atom. The highest BCUT2D eigenvalue weighted by atomic mass is 16.3.